The molecular formula is C11H22N2O4S. The maximum absolute atomic E-state index is 12.1. The lowest BCUT2D eigenvalue weighted by molar-refractivity contribution is -0.142. The Balaban J connectivity index is 2.55. The van der Waals surface area contributed by atoms with E-state index < -0.39 is 16.0 Å². The van der Waals surface area contributed by atoms with Crippen molar-refractivity contribution in [3.05, 3.63) is 0 Å². The minimum absolute atomic E-state index is 0.0805. The first-order valence-electron chi connectivity index (χ1n) is 6.24. The third-order valence-corrected chi connectivity index (χ3v) is 4.59. The van der Waals surface area contributed by atoms with Crippen molar-refractivity contribution < 1.29 is 17.9 Å². The molecule has 0 bridgehead atoms. The van der Waals surface area contributed by atoms with Gasteiger partial charge in [0.2, 0.25) is 10.0 Å². The van der Waals surface area contributed by atoms with E-state index in [1.807, 2.05) is 13.8 Å². The lowest BCUT2D eigenvalue weighted by Gasteiger charge is -2.35. The largest absolute Gasteiger partial charge is 0.466 e. The number of nitrogens with zero attached hydrogens (tertiary/aromatic N) is 1. The Morgan fingerprint density at radius 3 is 2.39 bits per heavy atom. The third kappa shape index (κ3) is 4.55. The van der Waals surface area contributed by atoms with Crippen LogP contribution in [0.1, 0.15) is 27.2 Å². The second kappa shape index (κ2) is 6.49. The van der Waals surface area contributed by atoms with E-state index in [1.165, 1.54) is 4.31 Å². The zero-order chi connectivity index (χ0) is 13.8. The number of rotatable bonds is 5. The zero-order valence-electron chi connectivity index (χ0n) is 11.2. The summed E-state index contributed by atoms with van der Waals surface area (Å²) < 4.78 is 30.3. The Labute approximate surface area is 109 Å². The molecule has 2 atom stereocenters. The first kappa shape index (κ1) is 15.4. The molecular weight excluding hydrogens is 256 g/mol. The molecule has 0 spiro atoms. The highest BCUT2D eigenvalue weighted by Crippen LogP contribution is 2.11. The van der Waals surface area contributed by atoms with Crippen LogP contribution >= 0.6 is 0 Å². The fraction of sp³-hybridized carbons (Fsp3) is 0.909. The number of carbonyl (C=O) groups is 1. The Morgan fingerprint density at radius 1 is 1.33 bits per heavy atom. The van der Waals surface area contributed by atoms with Gasteiger partial charge in [0.05, 0.1) is 18.8 Å². The Bertz CT molecular complexity index is 373. The zero-order valence-corrected chi connectivity index (χ0v) is 12.0. The standard InChI is InChI=1S/C11H22N2O4S/c1-4-17-11(14)5-6-18(15,16)13-7-9(2)12-10(3)8-13/h9-10,12H,4-8H2,1-3H3. The molecule has 1 N–H and O–H groups in total. The van der Waals surface area contributed by atoms with Gasteiger partial charge in [-0.25, -0.2) is 8.42 Å². The monoisotopic (exact) mass is 278 g/mol. The minimum Gasteiger partial charge on any atom is -0.466 e. The van der Waals surface area contributed by atoms with E-state index in [9.17, 15) is 13.2 Å². The number of esters is 1. The molecule has 1 aliphatic rings. The van der Waals surface area contributed by atoms with Crippen LogP contribution < -0.4 is 5.32 Å². The fourth-order valence-corrected chi connectivity index (χ4v) is 3.66. The topological polar surface area (TPSA) is 75.7 Å². The lowest BCUT2D eigenvalue weighted by atomic mass is 10.2. The van der Waals surface area contributed by atoms with Crippen LogP contribution in [0.15, 0.2) is 0 Å². The normalized spacial score (nSPS) is 25.9. The van der Waals surface area contributed by atoms with Crippen molar-refractivity contribution in [1.29, 1.82) is 0 Å². The van der Waals surface area contributed by atoms with Gasteiger partial charge in [-0.2, -0.15) is 4.31 Å². The molecule has 7 heteroatoms. The lowest BCUT2D eigenvalue weighted by Crippen LogP contribution is -2.56. The van der Waals surface area contributed by atoms with Crippen LogP contribution in [0.3, 0.4) is 0 Å². The quantitative estimate of drug-likeness (QED) is 0.714. The number of piperazine rings is 1. The van der Waals surface area contributed by atoms with Gasteiger partial charge >= 0.3 is 5.97 Å². The number of carbonyl (C=O) groups excluding carboxylic acids is 1. The number of nitrogens with one attached hydrogen (secondary N) is 1. The Hall–Kier alpha value is -0.660. The van der Waals surface area contributed by atoms with Crippen LogP contribution in [0.25, 0.3) is 0 Å². The molecule has 1 aliphatic heterocycles. The summed E-state index contributed by atoms with van der Waals surface area (Å²) >= 11 is 0. The van der Waals surface area contributed by atoms with Gasteiger partial charge in [-0.3, -0.25) is 4.79 Å². The van der Waals surface area contributed by atoms with E-state index in [2.05, 4.69) is 5.32 Å². The maximum atomic E-state index is 12.1. The molecule has 0 amide bonds. The van der Waals surface area contributed by atoms with E-state index in [0.717, 1.165) is 0 Å². The first-order chi connectivity index (χ1) is 8.35. The van der Waals surface area contributed by atoms with Crippen molar-refractivity contribution in [2.45, 2.75) is 39.3 Å². The fourth-order valence-electron chi connectivity index (χ4n) is 2.08. The maximum Gasteiger partial charge on any atom is 0.306 e. The summed E-state index contributed by atoms with van der Waals surface area (Å²) in [7, 11) is -3.37. The molecule has 1 rings (SSSR count). The summed E-state index contributed by atoms with van der Waals surface area (Å²) in [5, 5.41) is 3.27. The molecule has 1 fully saturated rings. The highest BCUT2D eigenvalue weighted by atomic mass is 32.2. The van der Waals surface area contributed by atoms with Crippen LogP contribution in [-0.4, -0.2) is 56.2 Å². The summed E-state index contributed by atoms with van der Waals surface area (Å²) in [5.41, 5.74) is 0. The minimum atomic E-state index is -3.37. The van der Waals surface area contributed by atoms with Crippen LogP contribution in [0.4, 0.5) is 0 Å². The van der Waals surface area contributed by atoms with Gasteiger partial charge in [0.15, 0.2) is 0 Å². The molecule has 18 heavy (non-hydrogen) atoms. The molecule has 2 unspecified atom stereocenters. The van der Waals surface area contributed by atoms with Gasteiger partial charge in [0.1, 0.15) is 0 Å². The SMILES string of the molecule is CCOC(=O)CCS(=O)(=O)N1CC(C)NC(C)C1. The highest BCUT2D eigenvalue weighted by molar-refractivity contribution is 7.89. The number of hydrogen-bond donors (Lipinski definition) is 1. The van der Waals surface area contributed by atoms with E-state index in [4.69, 9.17) is 4.74 Å². The smallest absolute Gasteiger partial charge is 0.306 e. The van der Waals surface area contributed by atoms with Crippen LogP contribution in [-0.2, 0) is 19.6 Å². The van der Waals surface area contributed by atoms with Gasteiger partial charge in [-0.05, 0) is 20.8 Å². The van der Waals surface area contributed by atoms with Gasteiger partial charge in [-0.1, -0.05) is 0 Å². The molecule has 1 saturated heterocycles. The number of sulfonamides is 1. The molecule has 0 aromatic rings. The van der Waals surface area contributed by atoms with Crippen LogP contribution in [0.5, 0.6) is 0 Å². The summed E-state index contributed by atoms with van der Waals surface area (Å²) in [4.78, 5) is 11.2. The van der Waals surface area contributed by atoms with E-state index >= 15 is 0 Å². The van der Waals surface area contributed by atoms with Crippen molar-refractivity contribution in [1.82, 2.24) is 9.62 Å². The van der Waals surface area contributed by atoms with Gasteiger partial charge in [0.25, 0.3) is 0 Å². The van der Waals surface area contributed by atoms with Gasteiger partial charge in [0, 0.05) is 25.2 Å². The van der Waals surface area contributed by atoms with E-state index in [1.54, 1.807) is 6.92 Å². The highest BCUT2D eigenvalue weighted by Gasteiger charge is 2.30. The summed E-state index contributed by atoms with van der Waals surface area (Å²) in [6, 6.07) is 0.261. The average molecular weight is 278 g/mol. The average Bonchev–Trinajstić information content (AvgIpc) is 2.26. The van der Waals surface area contributed by atoms with Crippen LogP contribution in [0, 0.1) is 0 Å². The Morgan fingerprint density at radius 2 is 1.89 bits per heavy atom. The second-order valence-electron chi connectivity index (χ2n) is 4.66. The molecule has 0 radical (unpaired) electrons. The van der Waals surface area contributed by atoms with E-state index in [-0.39, 0.29) is 30.9 Å². The van der Waals surface area contributed by atoms with Crippen molar-refractivity contribution in [3.63, 3.8) is 0 Å². The second-order valence-corrected chi connectivity index (χ2v) is 6.75. The third-order valence-electron chi connectivity index (χ3n) is 2.79. The molecule has 0 saturated carbocycles. The number of ether oxygens (including phenoxy) is 1. The molecule has 6 nitrogen and oxygen atoms in total. The first-order valence-corrected chi connectivity index (χ1v) is 7.85. The van der Waals surface area contributed by atoms with Crippen molar-refractivity contribution in [2.24, 2.45) is 0 Å². The summed E-state index contributed by atoms with van der Waals surface area (Å²) in [5.74, 6) is -0.636. The molecule has 1 heterocycles. The molecule has 0 aromatic carbocycles. The summed E-state index contributed by atoms with van der Waals surface area (Å²) in [6.45, 7) is 6.78. The van der Waals surface area contributed by atoms with Gasteiger partial charge < -0.3 is 10.1 Å². The molecule has 106 valence electrons. The van der Waals surface area contributed by atoms with Crippen LogP contribution in [0.2, 0.25) is 0 Å². The van der Waals surface area contributed by atoms with Crippen molar-refractivity contribution in [3.8, 4) is 0 Å². The number of hydrogen-bond acceptors (Lipinski definition) is 5. The van der Waals surface area contributed by atoms with Crippen molar-refractivity contribution >= 4 is 16.0 Å². The molecule has 0 aromatic heterocycles. The predicted molar refractivity (Wildman–Crippen MR) is 68.7 cm³/mol. The van der Waals surface area contributed by atoms with E-state index in [0.29, 0.717) is 13.1 Å². The van der Waals surface area contributed by atoms with Crippen molar-refractivity contribution in [2.75, 3.05) is 25.4 Å². The molecule has 0 aliphatic carbocycles. The summed E-state index contributed by atoms with van der Waals surface area (Å²) in [6.07, 6.45) is -0.0805. The Kier molecular flexibility index (Phi) is 5.55. The predicted octanol–water partition coefficient (Wildman–Crippen LogP) is -0.0484. The van der Waals surface area contributed by atoms with Gasteiger partial charge in [-0.15, -0.1) is 0 Å².